The van der Waals surface area contributed by atoms with E-state index in [0.717, 1.165) is 30.2 Å². The second kappa shape index (κ2) is 4.78. The van der Waals surface area contributed by atoms with Crippen molar-refractivity contribution in [2.45, 2.75) is 6.92 Å². The van der Waals surface area contributed by atoms with Crippen LogP contribution >= 0.6 is 11.8 Å². The van der Waals surface area contributed by atoms with Crippen LogP contribution in [-0.2, 0) is 0 Å². The molecule has 1 aromatic carbocycles. The molecule has 1 N–H and O–H groups in total. The highest BCUT2D eigenvalue weighted by atomic mass is 32.2. The summed E-state index contributed by atoms with van der Waals surface area (Å²) in [6.45, 7) is 3.45. The number of nitrogens with zero attached hydrogens (tertiary/aromatic N) is 1. The molecule has 0 saturated carbocycles. The lowest BCUT2D eigenvalue weighted by Crippen LogP contribution is -2.37. The molecular formula is C12H15NO2S. The first-order valence-electron chi connectivity index (χ1n) is 5.35. The maximum absolute atomic E-state index is 12.1. The van der Waals surface area contributed by atoms with Crippen LogP contribution in [0.25, 0.3) is 0 Å². The first-order chi connectivity index (χ1) is 7.68. The van der Waals surface area contributed by atoms with E-state index < -0.39 is 0 Å². The lowest BCUT2D eigenvalue weighted by atomic mass is 10.1. The zero-order chi connectivity index (χ0) is 11.5. The summed E-state index contributed by atoms with van der Waals surface area (Å²) >= 11 is 1.88. The first-order valence-corrected chi connectivity index (χ1v) is 6.50. The number of aromatic hydroxyl groups is 1. The summed E-state index contributed by atoms with van der Waals surface area (Å²) < 4.78 is 0. The number of thioether (sulfide) groups is 1. The SMILES string of the molecule is Cc1cc(C(=O)N2CCSCC2)ccc1O. The molecule has 1 aromatic rings. The van der Waals surface area contributed by atoms with Gasteiger partial charge in [-0.2, -0.15) is 11.8 Å². The summed E-state index contributed by atoms with van der Waals surface area (Å²) in [7, 11) is 0. The van der Waals surface area contributed by atoms with Gasteiger partial charge in [-0.25, -0.2) is 0 Å². The van der Waals surface area contributed by atoms with Crippen molar-refractivity contribution in [3.8, 4) is 5.75 Å². The van der Waals surface area contributed by atoms with E-state index in [9.17, 15) is 9.90 Å². The minimum absolute atomic E-state index is 0.0726. The normalized spacial score (nSPS) is 16.2. The van der Waals surface area contributed by atoms with Gasteiger partial charge < -0.3 is 10.0 Å². The van der Waals surface area contributed by atoms with Crippen molar-refractivity contribution in [1.29, 1.82) is 0 Å². The molecule has 1 heterocycles. The number of hydrogen-bond acceptors (Lipinski definition) is 3. The molecule has 3 nitrogen and oxygen atoms in total. The van der Waals surface area contributed by atoms with E-state index >= 15 is 0 Å². The molecule has 0 aliphatic carbocycles. The zero-order valence-corrected chi connectivity index (χ0v) is 10.1. The number of carbonyl (C=O) groups excluding carboxylic acids is 1. The maximum atomic E-state index is 12.1. The molecule has 4 heteroatoms. The Bertz CT molecular complexity index is 400. The van der Waals surface area contributed by atoms with Crippen LogP contribution in [0.4, 0.5) is 0 Å². The van der Waals surface area contributed by atoms with Crippen molar-refractivity contribution in [2.24, 2.45) is 0 Å². The number of phenols is 1. The fourth-order valence-corrected chi connectivity index (χ4v) is 2.64. The van der Waals surface area contributed by atoms with E-state index in [0.29, 0.717) is 5.56 Å². The Kier molecular flexibility index (Phi) is 3.39. The highest BCUT2D eigenvalue weighted by Gasteiger charge is 2.18. The predicted molar refractivity (Wildman–Crippen MR) is 66.1 cm³/mol. The predicted octanol–water partition coefficient (Wildman–Crippen LogP) is 1.89. The maximum Gasteiger partial charge on any atom is 0.253 e. The van der Waals surface area contributed by atoms with Crippen LogP contribution in [0.15, 0.2) is 18.2 Å². The van der Waals surface area contributed by atoms with Crippen LogP contribution in [0.2, 0.25) is 0 Å². The number of phenolic OH excluding ortho intramolecular Hbond substituents is 1. The monoisotopic (exact) mass is 237 g/mol. The average molecular weight is 237 g/mol. The summed E-state index contributed by atoms with van der Waals surface area (Å²) in [5.74, 6) is 2.35. The first kappa shape index (κ1) is 11.3. The molecule has 1 aliphatic rings. The molecule has 0 atom stereocenters. The Labute approximate surface area is 99.5 Å². The fourth-order valence-electron chi connectivity index (χ4n) is 1.74. The number of hydrogen-bond donors (Lipinski definition) is 1. The molecule has 16 heavy (non-hydrogen) atoms. The third-order valence-corrected chi connectivity index (χ3v) is 3.68. The Morgan fingerprint density at radius 2 is 2.06 bits per heavy atom. The van der Waals surface area contributed by atoms with Crippen LogP contribution in [-0.4, -0.2) is 40.5 Å². The van der Waals surface area contributed by atoms with Gasteiger partial charge in [0.25, 0.3) is 5.91 Å². The molecule has 2 rings (SSSR count). The van der Waals surface area contributed by atoms with Crippen molar-refractivity contribution in [3.05, 3.63) is 29.3 Å². The van der Waals surface area contributed by atoms with Crippen LogP contribution in [0.1, 0.15) is 15.9 Å². The highest BCUT2D eigenvalue weighted by molar-refractivity contribution is 7.99. The Hall–Kier alpha value is -1.16. The van der Waals surface area contributed by atoms with E-state index in [1.165, 1.54) is 0 Å². The summed E-state index contributed by atoms with van der Waals surface area (Å²) in [6, 6.07) is 5.02. The van der Waals surface area contributed by atoms with Gasteiger partial charge in [-0.3, -0.25) is 4.79 Å². The molecule has 0 spiro atoms. The Balaban J connectivity index is 2.16. The van der Waals surface area contributed by atoms with Gasteiger partial charge in [-0.05, 0) is 30.7 Å². The standard InChI is InChI=1S/C12H15NO2S/c1-9-8-10(2-3-11(9)14)12(15)13-4-6-16-7-5-13/h2-3,8,14H,4-7H2,1H3. The van der Waals surface area contributed by atoms with Crippen LogP contribution < -0.4 is 0 Å². The molecule has 0 aromatic heterocycles. The summed E-state index contributed by atoms with van der Waals surface area (Å²) in [6.07, 6.45) is 0. The number of amides is 1. The number of rotatable bonds is 1. The molecule has 1 aliphatic heterocycles. The largest absolute Gasteiger partial charge is 0.508 e. The minimum Gasteiger partial charge on any atom is -0.508 e. The number of benzene rings is 1. The van der Waals surface area contributed by atoms with Gasteiger partial charge >= 0.3 is 0 Å². The van der Waals surface area contributed by atoms with Gasteiger partial charge in [0.2, 0.25) is 0 Å². The Morgan fingerprint density at radius 1 is 1.38 bits per heavy atom. The lowest BCUT2D eigenvalue weighted by molar-refractivity contribution is 0.0772. The molecule has 0 unspecified atom stereocenters. The van der Waals surface area contributed by atoms with Crippen LogP contribution in [0.3, 0.4) is 0 Å². The molecule has 86 valence electrons. The molecule has 1 fully saturated rings. The van der Waals surface area contributed by atoms with Gasteiger partial charge in [-0.15, -0.1) is 0 Å². The lowest BCUT2D eigenvalue weighted by Gasteiger charge is -2.26. The smallest absolute Gasteiger partial charge is 0.253 e. The second-order valence-corrected chi connectivity index (χ2v) is 5.13. The summed E-state index contributed by atoms with van der Waals surface area (Å²) in [4.78, 5) is 14.0. The van der Waals surface area contributed by atoms with Crippen molar-refractivity contribution in [1.82, 2.24) is 4.90 Å². The van der Waals surface area contributed by atoms with Crippen molar-refractivity contribution >= 4 is 17.7 Å². The number of aryl methyl sites for hydroxylation is 1. The summed E-state index contributed by atoms with van der Waals surface area (Å²) in [5, 5.41) is 9.41. The second-order valence-electron chi connectivity index (χ2n) is 3.91. The van der Waals surface area contributed by atoms with Crippen molar-refractivity contribution in [2.75, 3.05) is 24.6 Å². The van der Waals surface area contributed by atoms with Gasteiger partial charge in [0.05, 0.1) is 0 Å². The topological polar surface area (TPSA) is 40.5 Å². The molecule has 1 amide bonds. The fraction of sp³-hybridized carbons (Fsp3) is 0.417. The van der Waals surface area contributed by atoms with Gasteiger partial charge in [0.15, 0.2) is 0 Å². The van der Waals surface area contributed by atoms with E-state index in [4.69, 9.17) is 0 Å². The van der Waals surface area contributed by atoms with Crippen molar-refractivity contribution in [3.63, 3.8) is 0 Å². The minimum atomic E-state index is 0.0726. The zero-order valence-electron chi connectivity index (χ0n) is 9.27. The third kappa shape index (κ3) is 2.32. The number of carbonyl (C=O) groups is 1. The van der Waals surface area contributed by atoms with Gasteiger partial charge in [0, 0.05) is 30.2 Å². The summed E-state index contributed by atoms with van der Waals surface area (Å²) in [5.41, 5.74) is 1.42. The average Bonchev–Trinajstić information content (AvgIpc) is 2.33. The van der Waals surface area contributed by atoms with Gasteiger partial charge in [-0.1, -0.05) is 0 Å². The van der Waals surface area contributed by atoms with Gasteiger partial charge in [0.1, 0.15) is 5.75 Å². The van der Waals surface area contributed by atoms with Crippen molar-refractivity contribution < 1.29 is 9.90 Å². The Morgan fingerprint density at radius 3 is 2.69 bits per heavy atom. The van der Waals surface area contributed by atoms with E-state index in [1.54, 1.807) is 25.1 Å². The van der Waals surface area contributed by atoms with E-state index in [-0.39, 0.29) is 11.7 Å². The quantitative estimate of drug-likeness (QED) is 0.811. The molecule has 0 radical (unpaired) electrons. The van der Waals surface area contributed by atoms with E-state index in [1.807, 2.05) is 16.7 Å². The van der Waals surface area contributed by atoms with Crippen LogP contribution in [0, 0.1) is 6.92 Å². The molecule has 0 bridgehead atoms. The molecular weight excluding hydrogens is 222 g/mol. The van der Waals surface area contributed by atoms with Crippen LogP contribution in [0.5, 0.6) is 5.75 Å². The van der Waals surface area contributed by atoms with E-state index in [2.05, 4.69) is 0 Å². The molecule has 1 saturated heterocycles. The third-order valence-electron chi connectivity index (χ3n) is 2.74. The highest BCUT2D eigenvalue weighted by Crippen LogP contribution is 2.19.